The Morgan fingerprint density at radius 2 is 0.672 bits per heavy atom. The van der Waals surface area contributed by atoms with Gasteiger partial charge in [-0.15, -0.1) is 0 Å². The van der Waals surface area contributed by atoms with Crippen molar-refractivity contribution in [2.24, 2.45) is 0 Å². The summed E-state index contributed by atoms with van der Waals surface area (Å²) in [5.74, 6) is 0. The van der Waals surface area contributed by atoms with E-state index >= 15 is 0 Å². The molecule has 0 fully saturated rings. The number of benzene rings is 5. The quantitative estimate of drug-likeness (QED) is 0.180. The third-order valence-electron chi connectivity index (χ3n) is 15.4. The second-order valence-electron chi connectivity index (χ2n) is 17.6. The van der Waals surface area contributed by atoms with Crippen molar-refractivity contribution >= 4 is 34.1 Å². The normalized spacial score (nSPS) is 12.9. The van der Waals surface area contributed by atoms with Crippen LogP contribution in [0, 0.1) is 122 Å². The second kappa shape index (κ2) is 13.7. The van der Waals surface area contributed by atoms with Gasteiger partial charge >= 0.3 is 0 Å². The molecule has 4 nitrogen and oxygen atoms in total. The first-order valence-electron chi connectivity index (χ1n) is 20.9. The number of anilines is 6. The third-order valence-corrected chi connectivity index (χ3v) is 15.4. The van der Waals surface area contributed by atoms with Crippen molar-refractivity contribution in [2.45, 2.75) is 124 Å². The van der Waals surface area contributed by atoms with E-state index in [2.05, 4.69) is 156 Å². The fraction of sp³-hybridized carbons (Fsp3) is 0.333. The zero-order chi connectivity index (χ0) is 42.0. The van der Waals surface area contributed by atoms with Crippen LogP contribution in [-0.4, -0.2) is 4.98 Å². The highest BCUT2D eigenvalue weighted by atomic mass is 15.2. The van der Waals surface area contributed by atoms with Crippen LogP contribution in [0.2, 0.25) is 0 Å². The van der Waals surface area contributed by atoms with Gasteiger partial charge in [-0.2, -0.15) is 5.26 Å². The fourth-order valence-electron chi connectivity index (χ4n) is 10.4. The molecule has 0 radical (unpaired) electrons. The molecule has 0 atom stereocenters. The molecule has 0 unspecified atom stereocenters. The Labute approximate surface area is 347 Å². The average molecular weight is 763 g/mol. The van der Waals surface area contributed by atoms with Crippen LogP contribution in [-0.2, 0) is 12.8 Å². The Kier molecular flexibility index (Phi) is 9.28. The molecular formula is C54H58N4. The molecule has 4 heteroatoms. The Morgan fingerprint density at radius 1 is 0.397 bits per heavy atom. The summed E-state index contributed by atoms with van der Waals surface area (Å²) in [4.78, 5) is 9.45. The van der Waals surface area contributed by atoms with Gasteiger partial charge in [0.15, 0.2) is 0 Å². The third kappa shape index (κ3) is 5.28. The van der Waals surface area contributed by atoms with Gasteiger partial charge in [-0.3, -0.25) is 4.98 Å². The zero-order valence-electron chi connectivity index (χ0n) is 37.7. The Balaban J connectivity index is 1.61. The topological polar surface area (TPSA) is 43.2 Å². The summed E-state index contributed by atoms with van der Waals surface area (Å²) in [5.41, 5.74) is 35.9. The molecule has 5 aromatic carbocycles. The van der Waals surface area contributed by atoms with Gasteiger partial charge in [0.25, 0.3) is 0 Å². The highest BCUT2D eigenvalue weighted by Crippen LogP contribution is 2.57. The number of pyridine rings is 1. The van der Waals surface area contributed by atoms with Crippen LogP contribution in [0.5, 0.6) is 0 Å². The smallest absolute Gasteiger partial charge is 0.104 e. The van der Waals surface area contributed by atoms with Crippen molar-refractivity contribution in [3.8, 4) is 17.2 Å². The molecule has 0 bridgehead atoms. The van der Waals surface area contributed by atoms with Gasteiger partial charge in [-0.1, -0.05) is 0 Å². The fourth-order valence-corrected chi connectivity index (χ4v) is 10.4. The molecule has 3 heterocycles. The predicted molar refractivity (Wildman–Crippen MR) is 245 cm³/mol. The maximum absolute atomic E-state index is 11.9. The summed E-state index contributed by atoms with van der Waals surface area (Å²) in [5, 5.41) is 11.9. The zero-order valence-corrected chi connectivity index (χ0v) is 37.7. The summed E-state index contributed by atoms with van der Waals surface area (Å²) in [6.45, 7) is 36.5. The standard InChI is InChI=1S/C54H58N4/c1-26-30(5)38(13)51-44(34(26)9)23-45-35(10)27(2)31(6)39(14)52(45)57(51)49-21-43(42-17-19-56-20-18-42)22-50(48(49)25-55)58-53-40(15)32(7)28(3)36(11)46(53)24-47-37(12)29(4)33(8)41(16)54(47)58/h17-22H,23-24H2,1-16H3. The van der Waals surface area contributed by atoms with Gasteiger partial charge in [-0.05, 0) is 257 Å². The first-order chi connectivity index (χ1) is 27.4. The van der Waals surface area contributed by atoms with E-state index in [-0.39, 0.29) is 0 Å². The molecule has 2 aliphatic heterocycles. The number of hydrogen-bond acceptors (Lipinski definition) is 4. The van der Waals surface area contributed by atoms with Gasteiger partial charge in [0.1, 0.15) is 11.6 Å². The molecular weight excluding hydrogens is 705 g/mol. The van der Waals surface area contributed by atoms with Crippen LogP contribution in [0.3, 0.4) is 0 Å². The molecule has 1 aromatic heterocycles. The van der Waals surface area contributed by atoms with Crippen LogP contribution < -0.4 is 9.80 Å². The van der Waals surface area contributed by atoms with Crippen molar-refractivity contribution in [2.75, 3.05) is 9.80 Å². The lowest BCUT2D eigenvalue weighted by Gasteiger charge is -2.42. The van der Waals surface area contributed by atoms with Crippen LogP contribution >= 0.6 is 0 Å². The summed E-state index contributed by atoms with van der Waals surface area (Å²) < 4.78 is 0. The number of fused-ring (bicyclic) bond motifs is 4. The molecule has 0 aliphatic carbocycles. The SMILES string of the molecule is Cc1c(C)c(C)c2c(c1C)Cc1c(C)c(C)c(C)c(C)c1N2c1cc(-c2ccncc2)cc(N2c3c(C)c(C)c(C)c(C)c3Cc3c(C)c(C)c(C)c(C)c32)c1C#N. The van der Waals surface area contributed by atoms with Crippen LogP contribution in [0.1, 0.15) is 117 Å². The molecule has 6 aromatic rings. The minimum absolute atomic E-state index is 0.673. The van der Waals surface area contributed by atoms with E-state index in [4.69, 9.17) is 0 Å². The molecule has 0 spiro atoms. The van der Waals surface area contributed by atoms with Crippen molar-refractivity contribution in [1.29, 1.82) is 5.26 Å². The van der Waals surface area contributed by atoms with Crippen LogP contribution in [0.25, 0.3) is 11.1 Å². The molecule has 0 N–H and O–H groups in total. The lowest BCUT2D eigenvalue weighted by molar-refractivity contribution is 0.988. The number of rotatable bonds is 3. The summed E-state index contributed by atoms with van der Waals surface area (Å²) in [6, 6.07) is 11.7. The maximum atomic E-state index is 11.9. The van der Waals surface area contributed by atoms with E-state index in [1.54, 1.807) is 0 Å². The average Bonchev–Trinajstić information content (AvgIpc) is 3.23. The van der Waals surface area contributed by atoms with Crippen molar-refractivity contribution in [3.63, 3.8) is 0 Å². The molecule has 294 valence electrons. The number of nitrogens with zero attached hydrogens (tertiary/aromatic N) is 4. The number of nitriles is 1. The maximum Gasteiger partial charge on any atom is 0.104 e. The van der Waals surface area contributed by atoms with E-state index in [9.17, 15) is 5.26 Å². The van der Waals surface area contributed by atoms with E-state index < -0.39 is 0 Å². The van der Waals surface area contributed by atoms with Crippen molar-refractivity contribution < 1.29 is 0 Å². The first-order valence-corrected chi connectivity index (χ1v) is 20.9. The summed E-state index contributed by atoms with van der Waals surface area (Å²) in [6.07, 6.45) is 5.48. The van der Waals surface area contributed by atoms with Gasteiger partial charge in [-0.25, -0.2) is 0 Å². The number of hydrogen-bond donors (Lipinski definition) is 0. The molecule has 58 heavy (non-hydrogen) atoms. The van der Waals surface area contributed by atoms with E-state index in [1.165, 1.54) is 134 Å². The van der Waals surface area contributed by atoms with E-state index in [0.29, 0.717) is 5.56 Å². The second-order valence-corrected chi connectivity index (χ2v) is 17.6. The van der Waals surface area contributed by atoms with E-state index in [1.807, 2.05) is 12.4 Å². The first kappa shape index (κ1) is 39.2. The van der Waals surface area contributed by atoms with Gasteiger partial charge in [0.2, 0.25) is 0 Å². The molecule has 0 saturated carbocycles. The molecule has 2 aliphatic rings. The lowest BCUT2D eigenvalue weighted by Crippen LogP contribution is -2.27. The molecule has 8 rings (SSSR count). The Morgan fingerprint density at radius 3 is 0.948 bits per heavy atom. The Bertz CT molecular complexity index is 2540. The molecule has 0 amide bonds. The van der Waals surface area contributed by atoms with Crippen molar-refractivity contribution in [1.82, 2.24) is 4.98 Å². The molecule has 0 saturated heterocycles. The predicted octanol–water partition coefficient (Wildman–Crippen LogP) is 14.3. The summed E-state index contributed by atoms with van der Waals surface area (Å²) in [7, 11) is 0. The van der Waals surface area contributed by atoms with Crippen molar-refractivity contribution in [3.05, 3.63) is 153 Å². The monoisotopic (exact) mass is 762 g/mol. The van der Waals surface area contributed by atoms with E-state index in [0.717, 1.165) is 35.3 Å². The van der Waals surface area contributed by atoms with Crippen LogP contribution in [0.4, 0.5) is 34.1 Å². The Hall–Kier alpha value is -5.66. The minimum Gasteiger partial charge on any atom is -0.308 e. The van der Waals surface area contributed by atoms with Crippen LogP contribution in [0.15, 0.2) is 36.7 Å². The highest BCUT2D eigenvalue weighted by molar-refractivity contribution is 5.99. The van der Waals surface area contributed by atoms with Gasteiger partial charge in [0, 0.05) is 25.2 Å². The minimum atomic E-state index is 0.673. The summed E-state index contributed by atoms with van der Waals surface area (Å²) >= 11 is 0. The largest absolute Gasteiger partial charge is 0.308 e. The highest BCUT2D eigenvalue weighted by Gasteiger charge is 2.38. The number of aromatic nitrogens is 1. The van der Waals surface area contributed by atoms with Gasteiger partial charge < -0.3 is 9.80 Å². The van der Waals surface area contributed by atoms with Gasteiger partial charge in [0.05, 0.1) is 34.1 Å². The lowest BCUT2D eigenvalue weighted by atomic mass is 9.79.